The van der Waals surface area contributed by atoms with Crippen molar-refractivity contribution in [2.24, 2.45) is 5.92 Å². The molecule has 3 nitrogen and oxygen atoms in total. The maximum atomic E-state index is 12.4. The Hall–Kier alpha value is -0.620. The number of likely N-dealkylation sites (tertiary alicyclic amines) is 1. The van der Waals surface area contributed by atoms with E-state index in [1.165, 1.54) is 38.5 Å². The maximum Gasteiger partial charge on any atom is 0.238 e. The molecule has 1 aliphatic carbocycles. The lowest BCUT2D eigenvalue weighted by atomic mass is 9.78. The molecule has 4 heteroatoms. The number of piperidine rings is 1. The van der Waals surface area contributed by atoms with Crippen molar-refractivity contribution in [3.8, 4) is 0 Å². The highest BCUT2D eigenvalue weighted by Gasteiger charge is 2.33. The van der Waals surface area contributed by atoms with Crippen LogP contribution in [0, 0.1) is 9.49 Å². The molecule has 21 heavy (non-hydrogen) atoms. The third kappa shape index (κ3) is 3.77. The van der Waals surface area contributed by atoms with Crippen LogP contribution in [0.15, 0.2) is 24.3 Å². The van der Waals surface area contributed by atoms with E-state index in [0.29, 0.717) is 12.6 Å². The van der Waals surface area contributed by atoms with E-state index in [9.17, 15) is 4.79 Å². The second-order valence-electron chi connectivity index (χ2n) is 6.25. The molecule has 1 saturated heterocycles. The van der Waals surface area contributed by atoms with E-state index in [1.54, 1.807) is 0 Å². The van der Waals surface area contributed by atoms with E-state index in [-0.39, 0.29) is 5.91 Å². The first-order chi connectivity index (χ1) is 10.2. The van der Waals surface area contributed by atoms with Crippen molar-refractivity contribution in [1.29, 1.82) is 0 Å². The zero-order valence-corrected chi connectivity index (χ0v) is 14.5. The SMILES string of the molecule is O=C(CN1CCC[C@H]2CCCC[C@@H]21)Nc1ccccc1I. The highest BCUT2D eigenvalue weighted by molar-refractivity contribution is 14.1. The number of rotatable bonds is 3. The van der Waals surface area contributed by atoms with Crippen molar-refractivity contribution < 1.29 is 4.79 Å². The van der Waals surface area contributed by atoms with Gasteiger partial charge in [0.05, 0.1) is 12.2 Å². The molecule has 1 amide bonds. The molecule has 3 rings (SSSR count). The number of para-hydroxylation sites is 1. The van der Waals surface area contributed by atoms with Crippen LogP contribution >= 0.6 is 22.6 Å². The molecule has 114 valence electrons. The lowest BCUT2D eigenvalue weighted by molar-refractivity contribution is -0.118. The molecule has 0 unspecified atom stereocenters. The molecule has 2 aliphatic rings. The molecule has 1 aliphatic heterocycles. The number of fused-ring (bicyclic) bond motifs is 1. The molecule has 1 saturated carbocycles. The number of nitrogens with one attached hydrogen (secondary N) is 1. The summed E-state index contributed by atoms with van der Waals surface area (Å²) in [6, 6.07) is 8.60. The standard InChI is InChI=1S/C17H23IN2O/c18-14-8-2-3-9-15(14)19-17(21)12-20-11-5-7-13-6-1-4-10-16(13)20/h2-3,8-9,13,16H,1,4-7,10-12H2,(H,19,21)/t13-,16+/m1/s1. The number of amides is 1. The molecular weight excluding hydrogens is 375 g/mol. The Labute approximate surface area is 140 Å². The third-order valence-electron chi connectivity index (χ3n) is 4.85. The first-order valence-electron chi connectivity index (χ1n) is 8.02. The predicted octanol–water partition coefficient (Wildman–Crippen LogP) is 3.88. The van der Waals surface area contributed by atoms with Crippen molar-refractivity contribution in [2.75, 3.05) is 18.4 Å². The maximum absolute atomic E-state index is 12.4. The molecule has 0 aromatic heterocycles. The highest BCUT2D eigenvalue weighted by atomic mass is 127. The summed E-state index contributed by atoms with van der Waals surface area (Å²) in [6.07, 6.45) is 7.95. The van der Waals surface area contributed by atoms with Crippen LogP contribution < -0.4 is 5.32 Å². The van der Waals surface area contributed by atoms with Gasteiger partial charge >= 0.3 is 0 Å². The van der Waals surface area contributed by atoms with Gasteiger partial charge in [-0.05, 0) is 72.9 Å². The first-order valence-corrected chi connectivity index (χ1v) is 9.10. The largest absolute Gasteiger partial charge is 0.324 e. The lowest BCUT2D eigenvalue weighted by Gasteiger charge is -2.43. The van der Waals surface area contributed by atoms with Gasteiger partial charge in [-0.1, -0.05) is 25.0 Å². The van der Waals surface area contributed by atoms with Crippen molar-refractivity contribution in [1.82, 2.24) is 4.90 Å². The van der Waals surface area contributed by atoms with Crippen molar-refractivity contribution in [3.63, 3.8) is 0 Å². The summed E-state index contributed by atoms with van der Waals surface area (Å²) in [5, 5.41) is 3.06. The molecule has 2 fully saturated rings. The van der Waals surface area contributed by atoms with Gasteiger partial charge in [-0.15, -0.1) is 0 Å². The number of anilines is 1. The number of hydrogen-bond donors (Lipinski definition) is 1. The monoisotopic (exact) mass is 398 g/mol. The van der Waals surface area contributed by atoms with E-state index in [2.05, 4.69) is 32.8 Å². The van der Waals surface area contributed by atoms with Crippen LogP contribution in [0.1, 0.15) is 38.5 Å². The average Bonchev–Trinajstić information content (AvgIpc) is 2.50. The fourth-order valence-corrected chi connectivity index (χ4v) is 4.38. The number of nitrogens with zero attached hydrogens (tertiary/aromatic N) is 1. The van der Waals surface area contributed by atoms with E-state index in [4.69, 9.17) is 0 Å². The van der Waals surface area contributed by atoms with E-state index in [1.807, 2.05) is 24.3 Å². The molecule has 0 bridgehead atoms. The summed E-state index contributed by atoms with van der Waals surface area (Å²) in [7, 11) is 0. The highest BCUT2D eigenvalue weighted by Crippen LogP contribution is 2.35. The topological polar surface area (TPSA) is 32.3 Å². The quantitative estimate of drug-likeness (QED) is 0.784. The summed E-state index contributed by atoms with van der Waals surface area (Å²) >= 11 is 2.27. The van der Waals surface area contributed by atoms with Crippen molar-refractivity contribution in [3.05, 3.63) is 27.8 Å². The van der Waals surface area contributed by atoms with Crippen LogP contribution in [0.25, 0.3) is 0 Å². The Morgan fingerprint density at radius 2 is 1.95 bits per heavy atom. The summed E-state index contributed by atoms with van der Waals surface area (Å²) in [4.78, 5) is 14.8. The molecule has 0 radical (unpaired) electrons. The van der Waals surface area contributed by atoms with Crippen LogP contribution in [-0.4, -0.2) is 29.9 Å². The van der Waals surface area contributed by atoms with E-state index < -0.39 is 0 Å². The van der Waals surface area contributed by atoms with Gasteiger partial charge in [0.1, 0.15) is 0 Å². The summed E-state index contributed by atoms with van der Waals surface area (Å²) in [5.74, 6) is 0.961. The average molecular weight is 398 g/mol. The van der Waals surface area contributed by atoms with Gasteiger partial charge in [0.2, 0.25) is 5.91 Å². The fourth-order valence-electron chi connectivity index (χ4n) is 3.86. The van der Waals surface area contributed by atoms with Gasteiger partial charge in [0, 0.05) is 9.61 Å². The van der Waals surface area contributed by atoms with E-state index in [0.717, 1.165) is 21.7 Å². The van der Waals surface area contributed by atoms with Gasteiger partial charge < -0.3 is 5.32 Å². The number of carbonyl (C=O) groups excluding carboxylic acids is 1. The second-order valence-corrected chi connectivity index (χ2v) is 7.41. The smallest absolute Gasteiger partial charge is 0.238 e. The molecule has 2 atom stereocenters. The fraction of sp³-hybridized carbons (Fsp3) is 0.588. The normalized spacial score (nSPS) is 26.1. The Morgan fingerprint density at radius 1 is 1.19 bits per heavy atom. The Morgan fingerprint density at radius 3 is 2.81 bits per heavy atom. The van der Waals surface area contributed by atoms with Gasteiger partial charge in [0.25, 0.3) is 0 Å². The van der Waals surface area contributed by atoms with Crippen LogP contribution in [0.2, 0.25) is 0 Å². The zero-order chi connectivity index (χ0) is 14.7. The first kappa shape index (κ1) is 15.3. The van der Waals surface area contributed by atoms with Gasteiger partial charge in [-0.3, -0.25) is 9.69 Å². The second kappa shape index (κ2) is 7.09. The third-order valence-corrected chi connectivity index (χ3v) is 5.79. The van der Waals surface area contributed by atoms with Crippen molar-refractivity contribution >= 4 is 34.2 Å². The molecular formula is C17H23IN2O. The summed E-state index contributed by atoms with van der Waals surface area (Å²) < 4.78 is 1.10. The molecule has 1 aromatic rings. The van der Waals surface area contributed by atoms with Crippen LogP contribution in [0.3, 0.4) is 0 Å². The number of carbonyl (C=O) groups is 1. The van der Waals surface area contributed by atoms with Crippen molar-refractivity contribution in [2.45, 2.75) is 44.6 Å². The molecule has 0 spiro atoms. The molecule has 1 heterocycles. The number of halogens is 1. The van der Waals surface area contributed by atoms with Gasteiger partial charge in [-0.2, -0.15) is 0 Å². The van der Waals surface area contributed by atoms with Crippen LogP contribution in [0.4, 0.5) is 5.69 Å². The minimum atomic E-state index is 0.130. The van der Waals surface area contributed by atoms with Crippen LogP contribution in [-0.2, 0) is 4.79 Å². The lowest BCUT2D eigenvalue weighted by Crippen LogP contribution is -2.49. The van der Waals surface area contributed by atoms with Gasteiger partial charge in [0.15, 0.2) is 0 Å². The Kier molecular flexibility index (Phi) is 5.16. The number of benzene rings is 1. The Balaban J connectivity index is 1.60. The number of hydrogen-bond acceptors (Lipinski definition) is 2. The van der Waals surface area contributed by atoms with Gasteiger partial charge in [-0.25, -0.2) is 0 Å². The minimum Gasteiger partial charge on any atom is -0.324 e. The van der Waals surface area contributed by atoms with Crippen LogP contribution in [0.5, 0.6) is 0 Å². The Bertz CT molecular complexity index is 503. The van der Waals surface area contributed by atoms with E-state index >= 15 is 0 Å². The predicted molar refractivity (Wildman–Crippen MR) is 94.3 cm³/mol. The minimum absolute atomic E-state index is 0.130. The zero-order valence-electron chi connectivity index (χ0n) is 12.4. The molecule has 1 N–H and O–H groups in total. The summed E-state index contributed by atoms with van der Waals surface area (Å²) in [6.45, 7) is 1.63. The summed E-state index contributed by atoms with van der Waals surface area (Å²) in [5.41, 5.74) is 0.931. The molecule has 1 aromatic carbocycles.